The van der Waals surface area contributed by atoms with E-state index in [9.17, 15) is 4.79 Å². The number of benzene rings is 2. The molecule has 0 spiro atoms. The first kappa shape index (κ1) is 12.3. The lowest BCUT2D eigenvalue weighted by Crippen LogP contribution is -1.91. The van der Waals surface area contributed by atoms with Crippen LogP contribution in [0.5, 0.6) is 0 Å². The standard InChI is InChI=1S/C17H16O/c1-13-10-14(2)12-16(11-13)17(8-9-18)15-6-4-3-5-7-15/h3-12H,1-2H3. The molecule has 18 heavy (non-hydrogen) atoms. The summed E-state index contributed by atoms with van der Waals surface area (Å²) in [5, 5.41) is 0. The van der Waals surface area contributed by atoms with Crippen LogP contribution in [0, 0.1) is 13.8 Å². The molecule has 0 aliphatic heterocycles. The highest BCUT2D eigenvalue weighted by atomic mass is 16.1. The van der Waals surface area contributed by atoms with E-state index in [1.807, 2.05) is 30.3 Å². The van der Waals surface area contributed by atoms with Crippen LogP contribution in [0.4, 0.5) is 0 Å². The molecule has 0 saturated heterocycles. The summed E-state index contributed by atoms with van der Waals surface area (Å²) in [6.07, 6.45) is 2.48. The summed E-state index contributed by atoms with van der Waals surface area (Å²) < 4.78 is 0. The van der Waals surface area contributed by atoms with Gasteiger partial charge in [0.1, 0.15) is 6.29 Å². The van der Waals surface area contributed by atoms with Crippen LogP contribution >= 0.6 is 0 Å². The third kappa shape index (κ3) is 2.75. The van der Waals surface area contributed by atoms with Gasteiger partial charge in [0.25, 0.3) is 0 Å². The van der Waals surface area contributed by atoms with E-state index in [0.717, 1.165) is 23.0 Å². The van der Waals surface area contributed by atoms with Crippen LogP contribution in [0.25, 0.3) is 5.57 Å². The molecule has 0 fully saturated rings. The number of allylic oxidation sites excluding steroid dienone is 1. The number of carbonyl (C=O) groups is 1. The zero-order valence-electron chi connectivity index (χ0n) is 10.7. The van der Waals surface area contributed by atoms with Crippen molar-refractivity contribution >= 4 is 11.9 Å². The zero-order chi connectivity index (χ0) is 13.0. The predicted octanol–water partition coefficient (Wildman–Crippen LogP) is 3.93. The highest BCUT2D eigenvalue weighted by Crippen LogP contribution is 2.24. The molecule has 1 heteroatoms. The van der Waals surface area contributed by atoms with Gasteiger partial charge in [0.2, 0.25) is 0 Å². The fourth-order valence-electron chi connectivity index (χ4n) is 2.18. The Morgan fingerprint density at radius 2 is 1.50 bits per heavy atom. The summed E-state index contributed by atoms with van der Waals surface area (Å²) in [7, 11) is 0. The molecule has 2 rings (SSSR count). The van der Waals surface area contributed by atoms with Crippen LogP contribution in [0.15, 0.2) is 54.6 Å². The van der Waals surface area contributed by atoms with Gasteiger partial charge in [-0.2, -0.15) is 0 Å². The molecule has 90 valence electrons. The van der Waals surface area contributed by atoms with Gasteiger partial charge in [-0.15, -0.1) is 0 Å². The van der Waals surface area contributed by atoms with Crippen molar-refractivity contribution in [2.24, 2.45) is 0 Å². The van der Waals surface area contributed by atoms with Gasteiger partial charge in [-0.25, -0.2) is 0 Å². The summed E-state index contributed by atoms with van der Waals surface area (Å²) in [6.45, 7) is 4.14. The van der Waals surface area contributed by atoms with Crippen LogP contribution in [-0.2, 0) is 4.79 Å². The normalized spacial score (nSPS) is 11.3. The minimum Gasteiger partial charge on any atom is -0.299 e. The summed E-state index contributed by atoms with van der Waals surface area (Å²) in [6, 6.07) is 16.3. The van der Waals surface area contributed by atoms with E-state index in [0.29, 0.717) is 0 Å². The van der Waals surface area contributed by atoms with Gasteiger partial charge in [-0.05, 0) is 36.6 Å². The lowest BCUT2D eigenvalue weighted by atomic mass is 9.95. The van der Waals surface area contributed by atoms with Gasteiger partial charge in [-0.3, -0.25) is 4.79 Å². The van der Waals surface area contributed by atoms with Gasteiger partial charge >= 0.3 is 0 Å². The number of aldehydes is 1. The average molecular weight is 236 g/mol. The molecular weight excluding hydrogens is 220 g/mol. The van der Waals surface area contributed by atoms with Crippen molar-refractivity contribution in [3.8, 4) is 0 Å². The Bertz CT molecular complexity index is 560. The average Bonchev–Trinajstić information content (AvgIpc) is 2.36. The molecule has 0 aliphatic rings. The van der Waals surface area contributed by atoms with Crippen molar-refractivity contribution in [1.29, 1.82) is 0 Å². The van der Waals surface area contributed by atoms with Crippen molar-refractivity contribution in [3.05, 3.63) is 76.9 Å². The van der Waals surface area contributed by atoms with E-state index < -0.39 is 0 Å². The lowest BCUT2D eigenvalue weighted by Gasteiger charge is -2.09. The fourth-order valence-corrected chi connectivity index (χ4v) is 2.18. The van der Waals surface area contributed by atoms with Crippen molar-refractivity contribution < 1.29 is 4.79 Å². The van der Waals surface area contributed by atoms with Crippen LogP contribution < -0.4 is 0 Å². The van der Waals surface area contributed by atoms with Crippen molar-refractivity contribution in [2.75, 3.05) is 0 Å². The minimum atomic E-state index is 0.847. The molecule has 0 N–H and O–H groups in total. The maximum atomic E-state index is 10.9. The number of carbonyl (C=O) groups excluding carboxylic acids is 1. The molecule has 0 unspecified atom stereocenters. The van der Waals surface area contributed by atoms with E-state index in [-0.39, 0.29) is 0 Å². The molecule has 1 nitrogen and oxygen atoms in total. The van der Waals surface area contributed by atoms with Crippen molar-refractivity contribution in [3.63, 3.8) is 0 Å². The van der Waals surface area contributed by atoms with Gasteiger partial charge in [0.15, 0.2) is 0 Å². The third-order valence-electron chi connectivity index (χ3n) is 2.85. The van der Waals surface area contributed by atoms with E-state index in [4.69, 9.17) is 0 Å². The lowest BCUT2D eigenvalue weighted by molar-refractivity contribution is -0.104. The first-order chi connectivity index (χ1) is 8.70. The van der Waals surface area contributed by atoms with E-state index in [2.05, 4.69) is 32.0 Å². The van der Waals surface area contributed by atoms with Gasteiger partial charge < -0.3 is 0 Å². The van der Waals surface area contributed by atoms with Crippen LogP contribution in [0.1, 0.15) is 22.3 Å². The summed E-state index contributed by atoms with van der Waals surface area (Å²) >= 11 is 0. The highest BCUT2D eigenvalue weighted by Gasteiger charge is 2.05. The third-order valence-corrected chi connectivity index (χ3v) is 2.85. The van der Waals surface area contributed by atoms with Crippen molar-refractivity contribution in [1.82, 2.24) is 0 Å². The molecule has 0 heterocycles. The van der Waals surface area contributed by atoms with E-state index in [1.165, 1.54) is 11.1 Å². The predicted molar refractivity (Wildman–Crippen MR) is 75.5 cm³/mol. The number of aryl methyl sites for hydroxylation is 2. The Kier molecular flexibility index (Phi) is 3.73. The van der Waals surface area contributed by atoms with Crippen molar-refractivity contribution in [2.45, 2.75) is 13.8 Å². The van der Waals surface area contributed by atoms with Crippen LogP contribution in [-0.4, -0.2) is 6.29 Å². The second kappa shape index (κ2) is 5.46. The maximum absolute atomic E-state index is 10.9. The topological polar surface area (TPSA) is 17.1 Å². The summed E-state index contributed by atoms with van der Waals surface area (Å²) in [5.41, 5.74) is 5.54. The Morgan fingerprint density at radius 1 is 0.889 bits per heavy atom. The van der Waals surface area contributed by atoms with Crippen LogP contribution in [0.3, 0.4) is 0 Å². The monoisotopic (exact) mass is 236 g/mol. The second-order valence-corrected chi connectivity index (χ2v) is 4.46. The smallest absolute Gasteiger partial charge is 0.143 e. The number of hydrogen-bond acceptors (Lipinski definition) is 1. The molecule has 0 saturated carbocycles. The Labute approximate surface area is 108 Å². The maximum Gasteiger partial charge on any atom is 0.143 e. The van der Waals surface area contributed by atoms with Gasteiger partial charge in [0.05, 0.1) is 0 Å². The summed E-state index contributed by atoms with van der Waals surface area (Å²) in [4.78, 5) is 10.9. The van der Waals surface area contributed by atoms with Gasteiger partial charge in [-0.1, -0.05) is 59.7 Å². The highest BCUT2D eigenvalue weighted by molar-refractivity contribution is 5.89. The molecule has 0 radical (unpaired) electrons. The molecule has 0 atom stereocenters. The first-order valence-corrected chi connectivity index (χ1v) is 6.00. The molecular formula is C17H16O. The minimum absolute atomic E-state index is 0.847. The van der Waals surface area contributed by atoms with E-state index in [1.54, 1.807) is 6.08 Å². The molecule has 0 aromatic heterocycles. The molecule has 2 aromatic rings. The zero-order valence-corrected chi connectivity index (χ0v) is 10.7. The molecule has 0 bridgehead atoms. The quantitative estimate of drug-likeness (QED) is 0.583. The van der Waals surface area contributed by atoms with E-state index >= 15 is 0 Å². The summed E-state index contributed by atoms with van der Waals surface area (Å²) in [5.74, 6) is 0. The number of hydrogen-bond donors (Lipinski definition) is 0. The SMILES string of the molecule is Cc1cc(C)cc(C(=CC=O)c2ccccc2)c1. The Morgan fingerprint density at radius 3 is 2.06 bits per heavy atom. The number of rotatable bonds is 3. The Hall–Kier alpha value is -2.15. The molecule has 2 aromatic carbocycles. The van der Waals surface area contributed by atoms with Gasteiger partial charge in [0, 0.05) is 0 Å². The first-order valence-electron chi connectivity index (χ1n) is 6.00. The largest absolute Gasteiger partial charge is 0.299 e. The fraction of sp³-hybridized carbons (Fsp3) is 0.118. The second-order valence-electron chi connectivity index (χ2n) is 4.46. The van der Waals surface area contributed by atoms with Crippen LogP contribution in [0.2, 0.25) is 0 Å². The molecule has 0 aliphatic carbocycles. The molecule has 0 amide bonds. The Balaban J connectivity index is 2.56.